The number of carbonyl (C=O) groups is 1. The maximum absolute atomic E-state index is 12.7. The van der Waals surface area contributed by atoms with Crippen molar-refractivity contribution in [2.75, 3.05) is 0 Å². The van der Waals surface area contributed by atoms with E-state index in [2.05, 4.69) is 0 Å². The minimum Gasteiger partial charge on any atom is -0.481 e. The van der Waals surface area contributed by atoms with Crippen LogP contribution in [-0.2, 0) is 4.79 Å². The molecule has 3 aliphatic carbocycles. The lowest BCUT2D eigenvalue weighted by molar-refractivity contribution is -0.233. The number of fused-ring (bicyclic) bond motifs is 3. The number of carboxylic acid groups (broad SMARTS) is 1. The first-order chi connectivity index (χ1) is 6.91. The van der Waals surface area contributed by atoms with E-state index < -0.39 is 29.9 Å². The molecule has 3 rings (SSSR count). The van der Waals surface area contributed by atoms with Crippen LogP contribution in [0.15, 0.2) is 0 Å². The van der Waals surface area contributed by atoms with Crippen LogP contribution >= 0.6 is 0 Å². The van der Waals surface area contributed by atoms with E-state index in [-0.39, 0.29) is 5.92 Å². The second-order valence-electron chi connectivity index (χ2n) is 4.61. The van der Waals surface area contributed by atoms with Crippen molar-refractivity contribution in [3.8, 4) is 0 Å². The summed E-state index contributed by atoms with van der Waals surface area (Å²) in [5.41, 5.74) is 0. The molecule has 3 saturated carbocycles. The van der Waals surface area contributed by atoms with Crippen LogP contribution < -0.4 is 0 Å². The first kappa shape index (κ1) is 10.8. The molecule has 0 spiro atoms. The summed E-state index contributed by atoms with van der Waals surface area (Å²) in [6, 6.07) is 0. The van der Waals surface area contributed by atoms with Crippen LogP contribution in [0.1, 0.15) is 25.7 Å². The molecule has 1 N–H and O–H groups in total. The fourth-order valence-electron chi connectivity index (χ4n) is 3.28. The number of hydrogen-bond acceptors (Lipinski definition) is 1. The Morgan fingerprint density at radius 2 is 1.53 bits per heavy atom. The lowest BCUT2D eigenvalue weighted by Crippen LogP contribution is -2.50. The van der Waals surface area contributed by atoms with Crippen LogP contribution in [0.5, 0.6) is 0 Å². The van der Waals surface area contributed by atoms with Crippen molar-refractivity contribution in [3.63, 3.8) is 0 Å². The van der Waals surface area contributed by atoms with E-state index in [0.29, 0.717) is 25.7 Å². The summed E-state index contributed by atoms with van der Waals surface area (Å²) in [6.45, 7) is 0. The SMILES string of the molecule is O=C(O)C1C2CCC(CC2)C1C(F)(F)F. The van der Waals surface area contributed by atoms with Gasteiger partial charge in [0.1, 0.15) is 0 Å². The summed E-state index contributed by atoms with van der Waals surface area (Å²) in [4.78, 5) is 10.9. The standard InChI is InChI=1S/C10H13F3O2/c11-10(12,13)8-6-3-1-5(2-4-6)7(8)9(14)15/h5-8H,1-4H2,(H,14,15). The summed E-state index contributed by atoms with van der Waals surface area (Å²) < 4.78 is 38.2. The molecule has 0 saturated heterocycles. The van der Waals surface area contributed by atoms with Crippen molar-refractivity contribution < 1.29 is 23.1 Å². The third-order valence-corrected chi connectivity index (χ3v) is 3.88. The van der Waals surface area contributed by atoms with Crippen LogP contribution in [0.25, 0.3) is 0 Å². The lowest BCUT2D eigenvalue weighted by atomic mass is 9.58. The smallest absolute Gasteiger partial charge is 0.392 e. The minimum absolute atomic E-state index is 0.265. The molecule has 2 unspecified atom stereocenters. The lowest BCUT2D eigenvalue weighted by Gasteiger charge is -2.47. The number of halogens is 3. The zero-order valence-electron chi connectivity index (χ0n) is 8.13. The van der Waals surface area contributed by atoms with Gasteiger partial charge in [-0.05, 0) is 37.5 Å². The van der Waals surface area contributed by atoms with E-state index in [0.717, 1.165) is 0 Å². The first-order valence-corrected chi connectivity index (χ1v) is 5.21. The molecular formula is C10H13F3O2. The molecule has 2 nitrogen and oxygen atoms in total. The Hall–Kier alpha value is -0.740. The number of alkyl halides is 3. The Bertz CT molecular complexity index is 266. The average Bonchev–Trinajstić information content (AvgIpc) is 2.16. The highest BCUT2D eigenvalue weighted by molar-refractivity contribution is 5.71. The Morgan fingerprint density at radius 3 is 1.87 bits per heavy atom. The van der Waals surface area contributed by atoms with Gasteiger partial charge in [0.05, 0.1) is 11.8 Å². The van der Waals surface area contributed by atoms with Crippen LogP contribution in [0.4, 0.5) is 13.2 Å². The molecule has 3 fully saturated rings. The molecule has 15 heavy (non-hydrogen) atoms. The van der Waals surface area contributed by atoms with Gasteiger partial charge >= 0.3 is 12.1 Å². The summed E-state index contributed by atoms with van der Waals surface area (Å²) in [7, 11) is 0. The predicted molar refractivity (Wildman–Crippen MR) is 46.1 cm³/mol. The second kappa shape index (κ2) is 3.39. The maximum atomic E-state index is 12.7. The molecule has 2 bridgehead atoms. The zero-order chi connectivity index (χ0) is 11.2. The molecule has 0 radical (unpaired) electrons. The van der Waals surface area contributed by atoms with E-state index in [4.69, 9.17) is 5.11 Å². The topological polar surface area (TPSA) is 37.3 Å². The Balaban J connectivity index is 2.29. The molecule has 0 aromatic heterocycles. The van der Waals surface area contributed by atoms with E-state index >= 15 is 0 Å². The van der Waals surface area contributed by atoms with Crippen LogP contribution in [0, 0.1) is 23.7 Å². The van der Waals surface area contributed by atoms with Gasteiger partial charge in [0, 0.05) is 0 Å². The van der Waals surface area contributed by atoms with Gasteiger partial charge in [0.2, 0.25) is 0 Å². The number of rotatable bonds is 1. The van der Waals surface area contributed by atoms with Crippen LogP contribution in [0.3, 0.4) is 0 Å². The zero-order valence-corrected chi connectivity index (χ0v) is 8.13. The predicted octanol–water partition coefficient (Wildman–Crippen LogP) is 2.69. The first-order valence-electron chi connectivity index (χ1n) is 5.21. The molecule has 2 atom stereocenters. The molecule has 3 aliphatic rings. The van der Waals surface area contributed by atoms with Crippen molar-refractivity contribution in [1.29, 1.82) is 0 Å². The monoisotopic (exact) mass is 222 g/mol. The maximum Gasteiger partial charge on any atom is 0.392 e. The molecule has 5 heteroatoms. The molecule has 0 heterocycles. The largest absolute Gasteiger partial charge is 0.481 e. The van der Waals surface area contributed by atoms with Gasteiger partial charge in [0.15, 0.2) is 0 Å². The van der Waals surface area contributed by atoms with Crippen LogP contribution in [-0.4, -0.2) is 17.3 Å². The highest BCUT2D eigenvalue weighted by Gasteiger charge is 2.58. The summed E-state index contributed by atoms with van der Waals surface area (Å²) in [5.74, 6) is -4.80. The van der Waals surface area contributed by atoms with Crippen molar-refractivity contribution in [2.24, 2.45) is 23.7 Å². The van der Waals surface area contributed by atoms with Gasteiger partial charge in [0.25, 0.3) is 0 Å². The highest BCUT2D eigenvalue weighted by Crippen LogP contribution is 2.54. The molecule has 86 valence electrons. The number of carboxylic acids is 1. The third-order valence-electron chi connectivity index (χ3n) is 3.88. The van der Waals surface area contributed by atoms with Gasteiger partial charge in [-0.3, -0.25) is 4.79 Å². The summed E-state index contributed by atoms with van der Waals surface area (Å²) in [6.07, 6.45) is -1.98. The Morgan fingerprint density at radius 1 is 1.07 bits per heavy atom. The van der Waals surface area contributed by atoms with Crippen molar-refractivity contribution >= 4 is 5.97 Å². The molecule has 0 amide bonds. The van der Waals surface area contributed by atoms with Crippen molar-refractivity contribution in [3.05, 3.63) is 0 Å². The average molecular weight is 222 g/mol. The quantitative estimate of drug-likeness (QED) is 0.740. The Kier molecular flexibility index (Phi) is 2.43. The van der Waals surface area contributed by atoms with Gasteiger partial charge in [-0.15, -0.1) is 0 Å². The van der Waals surface area contributed by atoms with Gasteiger partial charge in [-0.2, -0.15) is 13.2 Å². The minimum atomic E-state index is -4.35. The summed E-state index contributed by atoms with van der Waals surface area (Å²) in [5, 5.41) is 8.89. The summed E-state index contributed by atoms with van der Waals surface area (Å²) >= 11 is 0. The third kappa shape index (κ3) is 1.72. The van der Waals surface area contributed by atoms with E-state index in [1.807, 2.05) is 0 Å². The van der Waals surface area contributed by atoms with Crippen molar-refractivity contribution in [2.45, 2.75) is 31.9 Å². The molecule has 0 aromatic carbocycles. The van der Waals surface area contributed by atoms with Crippen LogP contribution in [0.2, 0.25) is 0 Å². The van der Waals surface area contributed by atoms with Gasteiger partial charge in [-0.1, -0.05) is 0 Å². The van der Waals surface area contributed by atoms with E-state index in [9.17, 15) is 18.0 Å². The molecular weight excluding hydrogens is 209 g/mol. The van der Waals surface area contributed by atoms with Gasteiger partial charge < -0.3 is 5.11 Å². The van der Waals surface area contributed by atoms with Gasteiger partial charge in [-0.25, -0.2) is 0 Å². The number of aliphatic carboxylic acids is 1. The van der Waals surface area contributed by atoms with E-state index in [1.165, 1.54) is 0 Å². The molecule has 0 aromatic rings. The fraction of sp³-hybridized carbons (Fsp3) is 0.900. The Labute approximate surface area is 85.5 Å². The highest BCUT2D eigenvalue weighted by atomic mass is 19.4. The van der Waals surface area contributed by atoms with E-state index in [1.54, 1.807) is 0 Å². The fourth-order valence-corrected chi connectivity index (χ4v) is 3.28. The number of hydrogen-bond donors (Lipinski definition) is 1. The normalized spacial score (nSPS) is 40.5. The van der Waals surface area contributed by atoms with Crippen molar-refractivity contribution in [1.82, 2.24) is 0 Å². The molecule has 0 aliphatic heterocycles. The second-order valence-corrected chi connectivity index (χ2v) is 4.61.